The lowest BCUT2D eigenvalue weighted by Crippen LogP contribution is -2.59. The number of rotatable bonds is 5. The summed E-state index contributed by atoms with van der Waals surface area (Å²) in [7, 11) is 1.36. The molecule has 0 spiro atoms. The molecule has 17 heavy (non-hydrogen) atoms. The van der Waals surface area contributed by atoms with Gasteiger partial charge in [-0.25, -0.2) is 0 Å². The fourth-order valence-corrected chi connectivity index (χ4v) is 2.07. The van der Waals surface area contributed by atoms with Crippen molar-refractivity contribution in [2.24, 2.45) is 17.1 Å². The summed E-state index contributed by atoms with van der Waals surface area (Å²) in [6.07, 6.45) is 1.69. The van der Waals surface area contributed by atoms with Crippen molar-refractivity contribution >= 4 is 11.9 Å². The van der Waals surface area contributed by atoms with Crippen molar-refractivity contribution in [3.05, 3.63) is 0 Å². The molecule has 3 N–H and O–H groups in total. The minimum absolute atomic E-state index is 0.00405. The maximum absolute atomic E-state index is 11.8. The van der Waals surface area contributed by atoms with Gasteiger partial charge in [0.05, 0.1) is 7.11 Å². The van der Waals surface area contributed by atoms with Crippen LogP contribution in [0.3, 0.4) is 0 Å². The number of nitrogens with two attached hydrogens (primary N) is 1. The molecular weight excluding hydrogens is 220 g/mol. The molecule has 1 fully saturated rings. The van der Waals surface area contributed by atoms with Crippen molar-refractivity contribution in [2.45, 2.75) is 39.2 Å². The summed E-state index contributed by atoms with van der Waals surface area (Å²) in [5.74, 6) is -0.206. The van der Waals surface area contributed by atoms with Crippen molar-refractivity contribution in [3.63, 3.8) is 0 Å². The topological polar surface area (TPSA) is 81.4 Å². The lowest BCUT2D eigenvalue weighted by atomic mass is 9.58. The molecule has 0 bridgehead atoms. The van der Waals surface area contributed by atoms with Gasteiger partial charge >= 0.3 is 5.97 Å². The largest absolute Gasteiger partial charge is 0.469 e. The summed E-state index contributed by atoms with van der Waals surface area (Å²) in [6.45, 7) is 4.54. The Hall–Kier alpha value is -1.10. The second-order valence-electron chi connectivity index (χ2n) is 5.19. The second-order valence-corrected chi connectivity index (χ2v) is 5.19. The van der Waals surface area contributed by atoms with Gasteiger partial charge in [-0.15, -0.1) is 0 Å². The van der Waals surface area contributed by atoms with Crippen LogP contribution in [0, 0.1) is 11.3 Å². The van der Waals surface area contributed by atoms with Gasteiger partial charge < -0.3 is 15.8 Å². The van der Waals surface area contributed by atoms with Crippen LogP contribution in [0.25, 0.3) is 0 Å². The van der Waals surface area contributed by atoms with E-state index in [-0.39, 0.29) is 29.3 Å². The van der Waals surface area contributed by atoms with Gasteiger partial charge in [-0.3, -0.25) is 9.59 Å². The Labute approximate surface area is 102 Å². The van der Waals surface area contributed by atoms with Crippen LogP contribution in [0.5, 0.6) is 0 Å². The van der Waals surface area contributed by atoms with E-state index in [1.165, 1.54) is 7.11 Å². The molecule has 2 atom stereocenters. The summed E-state index contributed by atoms with van der Waals surface area (Å²) >= 11 is 0. The maximum Gasteiger partial charge on any atom is 0.305 e. The van der Waals surface area contributed by atoms with Crippen molar-refractivity contribution in [2.75, 3.05) is 13.7 Å². The molecule has 0 aromatic heterocycles. The molecular formula is C12H22N2O3. The normalized spacial score (nSPS) is 25.9. The van der Waals surface area contributed by atoms with Crippen LogP contribution in [0.2, 0.25) is 0 Å². The number of esters is 1. The Kier molecular flexibility index (Phi) is 4.51. The molecule has 1 rings (SSSR count). The van der Waals surface area contributed by atoms with Crippen LogP contribution in [0.1, 0.15) is 33.1 Å². The number of hydrogen-bond donors (Lipinski definition) is 2. The van der Waals surface area contributed by atoms with Crippen LogP contribution >= 0.6 is 0 Å². The van der Waals surface area contributed by atoms with Crippen LogP contribution in [0.4, 0.5) is 0 Å². The Morgan fingerprint density at radius 1 is 1.47 bits per heavy atom. The number of amides is 1. The van der Waals surface area contributed by atoms with Crippen LogP contribution < -0.4 is 11.1 Å². The molecule has 5 nitrogen and oxygen atoms in total. The summed E-state index contributed by atoms with van der Waals surface area (Å²) in [6, 6.07) is 0.105. The van der Waals surface area contributed by atoms with Crippen LogP contribution in [-0.2, 0) is 14.3 Å². The number of carbonyl (C=O) groups is 2. The zero-order valence-corrected chi connectivity index (χ0v) is 10.8. The molecule has 0 heterocycles. The Morgan fingerprint density at radius 3 is 2.59 bits per heavy atom. The van der Waals surface area contributed by atoms with E-state index in [1.54, 1.807) is 0 Å². The third kappa shape index (κ3) is 3.19. The van der Waals surface area contributed by atoms with Gasteiger partial charge in [-0.2, -0.15) is 0 Å². The molecule has 1 amide bonds. The van der Waals surface area contributed by atoms with Gasteiger partial charge in [0.1, 0.15) is 0 Å². The molecule has 98 valence electrons. The first kappa shape index (κ1) is 14.0. The highest BCUT2D eigenvalue weighted by Gasteiger charge is 2.49. The SMILES string of the molecule is COC(=O)CCCNC(=O)[C@@H]1C[C@H](N)C1(C)C. The zero-order chi connectivity index (χ0) is 13.1. The van der Waals surface area contributed by atoms with E-state index in [2.05, 4.69) is 10.1 Å². The molecule has 1 aliphatic carbocycles. The highest BCUT2D eigenvalue weighted by Crippen LogP contribution is 2.44. The van der Waals surface area contributed by atoms with E-state index in [0.29, 0.717) is 19.4 Å². The number of ether oxygens (including phenoxy) is 1. The van der Waals surface area contributed by atoms with Crippen molar-refractivity contribution in [1.29, 1.82) is 0 Å². The van der Waals surface area contributed by atoms with E-state index in [4.69, 9.17) is 5.73 Å². The van der Waals surface area contributed by atoms with E-state index in [0.717, 1.165) is 6.42 Å². The van der Waals surface area contributed by atoms with E-state index in [1.807, 2.05) is 13.8 Å². The molecule has 0 radical (unpaired) electrons. The fraction of sp³-hybridized carbons (Fsp3) is 0.833. The van der Waals surface area contributed by atoms with Gasteiger partial charge in [0.25, 0.3) is 0 Å². The fourth-order valence-electron chi connectivity index (χ4n) is 2.07. The predicted molar refractivity (Wildman–Crippen MR) is 64.1 cm³/mol. The number of carbonyl (C=O) groups excluding carboxylic acids is 2. The molecule has 1 aliphatic rings. The lowest BCUT2D eigenvalue weighted by Gasteiger charge is -2.49. The lowest BCUT2D eigenvalue weighted by molar-refractivity contribution is -0.141. The Morgan fingerprint density at radius 2 is 2.12 bits per heavy atom. The summed E-state index contributed by atoms with van der Waals surface area (Å²) in [5, 5.41) is 2.84. The van der Waals surface area contributed by atoms with Crippen molar-refractivity contribution < 1.29 is 14.3 Å². The average molecular weight is 242 g/mol. The van der Waals surface area contributed by atoms with Gasteiger partial charge in [0, 0.05) is 24.9 Å². The minimum atomic E-state index is -0.245. The molecule has 0 aromatic rings. The zero-order valence-electron chi connectivity index (χ0n) is 10.8. The van der Waals surface area contributed by atoms with Gasteiger partial charge in [-0.05, 0) is 18.3 Å². The third-order valence-electron chi connectivity index (χ3n) is 3.74. The number of nitrogens with one attached hydrogen (secondary N) is 1. The van der Waals surface area contributed by atoms with E-state index >= 15 is 0 Å². The van der Waals surface area contributed by atoms with Gasteiger partial charge in [-0.1, -0.05) is 13.8 Å². The Bertz CT molecular complexity index is 302. The van der Waals surface area contributed by atoms with Gasteiger partial charge in [0.15, 0.2) is 0 Å². The van der Waals surface area contributed by atoms with Crippen molar-refractivity contribution in [1.82, 2.24) is 5.32 Å². The van der Waals surface area contributed by atoms with Crippen molar-refractivity contribution in [3.8, 4) is 0 Å². The minimum Gasteiger partial charge on any atom is -0.469 e. The molecule has 5 heteroatoms. The summed E-state index contributed by atoms with van der Waals surface area (Å²) in [4.78, 5) is 22.7. The number of hydrogen-bond acceptors (Lipinski definition) is 4. The molecule has 0 unspecified atom stereocenters. The van der Waals surface area contributed by atoms with Crippen LogP contribution in [-0.4, -0.2) is 31.6 Å². The first-order chi connectivity index (χ1) is 7.89. The van der Waals surface area contributed by atoms with E-state index < -0.39 is 0 Å². The van der Waals surface area contributed by atoms with Gasteiger partial charge in [0.2, 0.25) is 5.91 Å². The smallest absolute Gasteiger partial charge is 0.305 e. The molecule has 0 aliphatic heterocycles. The highest BCUT2D eigenvalue weighted by molar-refractivity contribution is 5.80. The highest BCUT2D eigenvalue weighted by atomic mass is 16.5. The summed E-state index contributed by atoms with van der Waals surface area (Å²) in [5.41, 5.74) is 5.74. The third-order valence-corrected chi connectivity index (χ3v) is 3.74. The number of methoxy groups -OCH3 is 1. The first-order valence-electron chi connectivity index (χ1n) is 5.99. The van der Waals surface area contributed by atoms with E-state index in [9.17, 15) is 9.59 Å². The molecule has 0 aromatic carbocycles. The van der Waals surface area contributed by atoms with Crippen LogP contribution in [0.15, 0.2) is 0 Å². The molecule has 1 saturated carbocycles. The second kappa shape index (κ2) is 5.49. The standard InChI is InChI=1S/C12H22N2O3/c1-12(2)8(7-9(12)13)11(16)14-6-4-5-10(15)17-3/h8-9H,4-7,13H2,1-3H3,(H,14,16)/t8-,9-/m0/s1. The molecule has 0 saturated heterocycles. The monoisotopic (exact) mass is 242 g/mol. The predicted octanol–water partition coefficient (Wildman–Crippen LogP) is 0.429. The Balaban J connectivity index is 2.21. The quantitative estimate of drug-likeness (QED) is 0.541. The average Bonchev–Trinajstić information content (AvgIpc) is 2.30. The maximum atomic E-state index is 11.8. The summed E-state index contributed by atoms with van der Waals surface area (Å²) < 4.78 is 4.52. The first-order valence-corrected chi connectivity index (χ1v) is 5.99.